The second-order valence-corrected chi connectivity index (χ2v) is 8.59. The molecule has 1 unspecified atom stereocenters. The summed E-state index contributed by atoms with van der Waals surface area (Å²) in [5.74, 6) is 1.22. The van der Waals surface area contributed by atoms with Gasteiger partial charge in [-0.05, 0) is 36.6 Å². The van der Waals surface area contributed by atoms with Gasteiger partial charge in [0.2, 0.25) is 5.91 Å². The van der Waals surface area contributed by atoms with Crippen molar-refractivity contribution in [3.8, 4) is 6.07 Å². The number of pyridine rings is 1. The lowest BCUT2D eigenvalue weighted by Gasteiger charge is -2.20. The van der Waals surface area contributed by atoms with Gasteiger partial charge in [-0.3, -0.25) is 14.6 Å². The molecule has 2 amide bonds. The molecule has 2 saturated heterocycles. The van der Waals surface area contributed by atoms with Gasteiger partial charge in [0, 0.05) is 36.1 Å². The lowest BCUT2D eigenvalue weighted by Crippen LogP contribution is -2.42. The molecule has 1 aromatic carbocycles. The zero-order valence-corrected chi connectivity index (χ0v) is 17.1. The van der Waals surface area contributed by atoms with Crippen LogP contribution in [0, 0.1) is 17.2 Å². The van der Waals surface area contributed by atoms with E-state index in [1.165, 1.54) is 11.3 Å². The van der Waals surface area contributed by atoms with Gasteiger partial charge >= 0.3 is 0 Å². The molecule has 0 saturated carbocycles. The van der Waals surface area contributed by atoms with Crippen LogP contribution >= 0.6 is 11.8 Å². The second kappa shape index (κ2) is 8.29. The van der Waals surface area contributed by atoms with Crippen LogP contribution in [0.3, 0.4) is 0 Å². The first-order valence-corrected chi connectivity index (χ1v) is 10.9. The summed E-state index contributed by atoms with van der Waals surface area (Å²) in [4.78, 5) is 33.4. The van der Waals surface area contributed by atoms with E-state index in [0.717, 1.165) is 29.7 Å². The topological polar surface area (TPSA) is 89.3 Å². The number of nitriles is 1. The number of nitrogens with one attached hydrogen (secondary N) is 1. The van der Waals surface area contributed by atoms with Crippen molar-refractivity contribution in [2.75, 3.05) is 36.2 Å². The zero-order valence-electron chi connectivity index (χ0n) is 16.3. The molecule has 0 radical (unpaired) electrons. The van der Waals surface area contributed by atoms with Crippen molar-refractivity contribution in [3.63, 3.8) is 0 Å². The molecule has 2 fully saturated rings. The predicted octanol–water partition coefficient (Wildman–Crippen LogP) is 2.24. The monoisotopic (exact) mass is 409 g/mol. The van der Waals surface area contributed by atoms with E-state index in [1.54, 1.807) is 24.0 Å². The van der Waals surface area contributed by atoms with Crippen molar-refractivity contribution < 1.29 is 9.59 Å². The van der Waals surface area contributed by atoms with Gasteiger partial charge in [-0.2, -0.15) is 5.26 Å². The third-order valence-electron chi connectivity index (χ3n) is 5.51. The van der Waals surface area contributed by atoms with Crippen LogP contribution in [-0.4, -0.2) is 59.0 Å². The average Bonchev–Trinajstić information content (AvgIpc) is 3.39. The molecule has 2 aliphatic rings. The minimum Gasteiger partial charge on any atom is -0.371 e. The molecule has 8 heteroatoms. The van der Waals surface area contributed by atoms with Crippen molar-refractivity contribution in [1.82, 2.24) is 15.2 Å². The molecule has 4 rings (SSSR count). The van der Waals surface area contributed by atoms with Crippen LogP contribution in [0.5, 0.6) is 0 Å². The van der Waals surface area contributed by atoms with Crippen LogP contribution < -0.4 is 10.2 Å². The van der Waals surface area contributed by atoms with E-state index >= 15 is 0 Å². The average molecular weight is 410 g/mol. The molecule has 150 valence electrons. The molecule has 0 aliphatic carbocycles. The third kappa shape index (κ3) is 4.01. The highest BCUT2D eigenvalue weighted by Gasteiger charge is 2.29. The van der Waals surface area contributed by atoms with Gasteiger partial charge in [0.15, 0.2) is 0 Å². The Morgan fingerprint density at radius 1 is 1.38 bits per heavy atom. The smallest absolute Gasteiger partial charge is 0.252 e. The summed E-state index contributed by atoms with van der Waals surface area (Å²) in [6.45, 7) is 4.14. The number of nitrogens with zero attached hydrogens (tertiary/aromatic N) is 4. The van der Waals surface area contributed by atoms with Gasteiger partial charge in [-0.1, -0.05) is 6.92 Å². The van der Waals surface area contributed by atoms with Crippen molar-refractivity contribution in [2.24, 2.45) is 5.92 Å². The Kier molecular flexibility index (Phi) is 5.58. The Balaban J connectivity index is 1.51. The zero-order chi connectivity index (χ0) is 20.4. The van der Waals surface area contributed by atoms with Gasteiger partial charge in [0.1, 0.15) is 6.04 Å². The molecule has 2 atom stereocenters. The Morgan fingerprint density at radius 3 is 3.00 bits per heavy atom. The summed E-state index contributed by atoms with van der Waals surface area (Å²) in [6.07, 6.45) is 2.78. The number of amides is 2. The van der Waals surface area contributed by atoms with Crippen LogP contribution in [0.2, 0.25) is 0 Å². The Bertz CT molecular complexity index is 989. The van der Waals surface area contributed by atoms with Gasteiger partial charge in [0.05, 0.1) is 29.6 Å². The molecule has 2 aliphatic heterocycles. The molecule has 7 nitrogen and oxygen atoms in total. The van der Waals surface area contributed by atoms with Gasteiger partial charge < -0.3 is 15.1 Å². The molecule has 0 spiro atoms. The molecule has 1 N–H and O–H groups in total. The first-order chi connectivity index (χ1) is 14.1. The summed E-state index contributed by atoms with van der Waals surface area (Å²) < 4.78 is 0. The van der Waals surface area contributed by atoms with E-state index < -0.39 is 6.04 Å². The van der Waals surface area contributed by atoms with E-state index in [0.29, 0.717) is 23.1 Å². The van der Waals surface area contributed by atoms with Crippen LogP contribution in [0.4, 0.5) is 5.69 Å². The molecular formula is C21H23N5O2S. The minimum absolute atomic E-state index is 0.120. The number of anilines is 1. The minimum atomic E-state index is -0.420. The van der Waals surface area contributed by atoms with E-state index in [2.05, 4.69) is 28.2 Å². The molecule has 1 aromatic heterocycles. The van der Waals surface area contributed by atoms with Gasteiger partial charge in [0.25, 0.3) is 5.91 Å². The van der Waals surface area contributed by atoms with Gasteiger partial charge in [-0.15, -0.1) is 11.8 Å². The number of carbonyl (C=O) groups excluding carboxylic acids is 2. The summed E-state index contributed by atoms with van der Waals surface area (Å²) >= 11 is 1.55. The summed E-state index contributed by atoms with van der Waals surface area (Å²) in [5, 5.41) is 12.6. The molecule has 0 bridgehead atoms. The number of rotatable bonds is 4. The maximum atomic E-state index is 12.8. The molecular weight excluding hydrogens is 386 g/mol. The lowest BCUT2D eigenvalue weighted by atomic mass is 10.1. The van der Waals surface area contributed by atoms with Gasteiger partial charge in [-0.25, -0.2) is 0 Å². The van der Waals surface area contributed by atoms with E-state index in [9.17, 15) is 9.59 Å². The number of thioether (sulfide) groups is 1. The van der Waals surface area contributed by atoms with Crippen LogP contribution in [0.15, 0.2) is 30.5 Å². The highest BCUT2D eigenvalue weighted by molar-refractivity contribution is 7.99. The van der Waals surface area contributed by atoms with E-state index in [1.807, 2.05) is 18.2 Å². The highest BCUT2D eigenvalue weighted by atomic mass is 32.2. The maximum Gasteiger partial charge on any atom is 0.252 e. The molecule has 29 heavy (non-hydrogen) atoms. The third-order valence-corrected chi connectivity index (χ3v) is 6.52. The number of hydrogen-bond acceptors (Lipinski definition) is 6. The largest absolute Gasteiger partial charge is 0.371 e. The predicted molar refractivity (Wildman–Crippen MR) is 114 cm³/mol. The highest BCUT2D eigenvalue weighted by Crippen LogP contribution is 2.28. The number of fused-ring (bicyclic) bond motifs is 1. The number of carbonyl (C=O) groups is 2. The Hall–Kier alpha value is -2.79. The Labute approximate surface area is 174 Å². The van der Waals surface area contributed by atoms with Crippen LogP contribution in [0.25, 0.3) is 10.9 Å². The maximum absolute atomic E-state index is 12.8. The number of hydrogen-bond donors (Lipinski definition) is 1. The molecule has 3 heterocycles. The number of aromatic nitrogens is 1. The lowest BCUT2D eigenvalue weighted by molar-refractivity contribution is -0.129. The summed E-state index contributed by atoms with van der Waals surface area (Å²) in [7, 11) is 0. The number of benzene rings is 1. The quantitative estimate of drug-likeness (QED) is 0.833. The fraction of sp³-hybridized carbons (Fsp3) is 0.429. The normalized spacial score (nSPS) is 21.4. The van der Waals surface area contributed by atoms with Crippen molar-refractivity contribution in [1.29, 1.82) is 5.26 Å². The van der Waals surface area contributed by atoms with Crippen molar-refractivity contribution in [3.05, 3.63) is 36.0 Å². The fourth-order valence-electron chi connectivity index (χ4n) is 3.85. The summed E-state index contributed by atoms with van der Waals surface area (Å²) in [6, 6.07) is 9.40. The SMILES string of the molecule is C[C@H]1CCN(c2ccc3nccc(C(=O)NCC(=O)N4CSCC4C#N)c3c2)C1. The van der Waals surface area contributed by atoms with E-state index in [4.69, 9.17) is 5.26 Å². The fourth-order valence-corrected chi connectivity index (χ4v) is 4.95. The van der Waals surface area contributed by atoms with Crippen molar-refractivity contribution in [2.45, 2.75) is 19.4 Å². The van der Waals surface area contributed by atoms with Crippen LogP contribution in [-0.2, 0) is 4.79 Å². The first-order valence-electron chi connectivity index (χ1n) is 9.75. The second-order valence-electron chi connectivity index (χ2n) is 7.59. The standard InChI is InChI=1S/C21H23N5O2S/c1-14-5-7-25(11-14)15-2-3-19-18(8-15)17(4-6-23-19)21(28)24-10-20(27)26-13-29-12-16(26)9-22/h2-4,6,8,14,16H,5,7,10-13H2,1H3,(H,24,28)/t14-,16?/m0/s1. The van der Waals surface area contributed by atoms with Crippen LogP contribution in [0.1, 0.15) is 23.7 Å². The Morgan fingerprint density at radius 2 is 2.24 bits per heavy atom. The summed E-state index contributed by atoms with van der Waals surface area (Å²) in [5.41, 5.74) is 2.34. The molecule has 2 aromatic rings. The first kappa shape index (κ1) is 19.5. The van der Waals surface area contributed by atoms with E-state index in [-0.39, 0.29) is 18.4 Å². The van der Waals surface area contributed by atoms with Crippen molar-refractivity contribution >= 4 is 40.2 Å².